The van der Waals surface area contributed by atoms with Gasteiger partial charge in [-0.25, -0.2) is 0 Å². The fourth-order valence-corrected chi connectivity index (χ4v) is 4.00. The Labute approximate surface area is 137 Å². The van der Waals surface area contributed by atoms with Gasteiger partial charge in [-0.05, 0) is 37.5 Å². The van der Waals surface area contributed by atoms with E-state index in [-0.39, 0.29) is 5.41 Å². The molecule has 21 heavy (non-hydrogen) atoms. The molecule has 0 amide bonds. The molecule has 1 aromatic carbocycles. The third kappa shape index (κ3) is 4.08. The zero-order chi connectivity index (χ0) is 15.3. The monoisotopic (exact) mass is 353 g/mol. The van der Waals surface area contributed by atoms with E-state index in [9.17, 15) is 5.11 Å². The minimum atomic E-state index is -0.743. The molecule has 0 bridgehead atoms. The molecule has 3 heteroatoms. The van der Waals surface area contributed by atoms with Crippen molar-refractivity contribution in [2.75, 3.05) is 6.54 Å². The van der Waals surface area contributed by atoms with E-state index in [4.69, 9.17) is 5.73 Å². The maximum absolute atomic E-state index is 11.2. The molecule has 0 saturated heterocycles. The Morgan fingerprint density at radius 1 is 1.10 bits per heavy atom. The van der Waals surface area contributed by atoms with Crippen LogP contribution in [0.2, 0.25) is 0 Å². The van der Waals surface area contributed by atoms with E-state index >= 15 is 0 Å². The first-order valence-electron chi connectivity index (χ1n) is 8.16. The fraction of sp³-hybridized carbons (Fsp3) is 0.667. The average molecular weight is 354 g/mol. The van der Waals surface area contributed by atoms with Crippen LogP contribution in [0.1, 0.15) is 57.4 Å². The van der Waals surface area contributed by atoms with Gasteiger partial charge >= 0.3 is 0 Å². The number of aliphatic hydroxyl groups is 1. The van der Waals surface area contributed by atoms with Crippen molar-refractivity contribution in [3.8, 4) is 0 Å². The maximum Gasteiger partial charge on any atom is 0.0727 e. The van der Waals surface area contributed by atoms with Gasteiger partial charge in [-0.2, -0.15) is 0 Å². The molecule has 1 aromatic rings. The molecule has 2 nitrogen and oxygen atoms in total. The largest absolute Gasteiger partial charge is 0.389 e. The van der Waals surface area contributed by atoms with Crippen LogP contribution in [0.3, 0.4) is 0 Å². The van der Waals surface area contributed by atoms with E-state index in [1.807, 2.05) is 19.1 Å². The van der Waals surface area contributed by atoms with Crippen LogP contribution in [0.25, 0.3) is 0 Å². The van der Waals surface area contributed by atoms with E-state index in [0.29, 0.717) is 13.0 Å². The molecule has 0 radical (unpaired) electrons. The fourth-order valence-electron chi connectivity index (χ4n) is 3.73. The second kappa shape index (κ2) is 7.26. The van der Waals surface area contributed by atoms with E-state index < -0.39 is 5.60 Å². The molecular formula is C18H28BrNO. The topological polar surface area (TPSA) is 46.2 Å². The van der Waals surface area contributed by atoms with Gasteiger partial charge in [-0.3, -0.25) is 0 Å². The van der Waals surface area contributed by atoms with Crippen molar-refractivity contribution in [3.05, 3.63) is 34.3 Å². The Balaban J connectivity index is 2.18. The van der Waals surface area contributed by atoms with E-state index in [2.05, 4.69) is 28.1 Å². The Morgan fingerprint density at radius 3 is 2.14 bits per heavy atom. The van der Waals surface area contributed by atoms with E-state index in [1.165, 1.54) is 37.7 Å². The zero-order valence-electron chi connectivity index (χ0n) is 13.1. The molecule has 0 heterocycles. The number of hydrogen-bond acceptors (Lipinski definition) is 2. The van der Waals surface area contributed by atoms with Gasteiger partial charge in [-0.1, -0.05) is 60.2 Å². The van der Waals surface area contributed by atoms with Crippen molar-refractivity contribution < 1.29 is 5.11 Å². The molecular weight excluding hydrogens is 326 g/mol. The van der Waals surface area contributed by atoms with Crippen molar-refractivity contribution in [1.82, 2.24) is 0 Å². The van der Waals surface area contributed by atoms with Crippen LogP contribution in [0, 0.1) is 5.41 Å². The Kier molecular flexibility index (Phi) is 5.87. The van der Waals surface area contributed by atoms with Crippen molar-refractivity contribution in [3.63, 3.8) is 0 Å². The second-order valence-corrected chi connectivity index (χ2v) is 7.74. The molecule has 1 fully saturated rings. The molecule has 2 rings (SSSR count). The van der Waals surface area contributed by atoms with Gasteiger partial charge in [0.25, 0.3) is 0 Å². The van der Waals surface area contributed by atoms with E-state index in [1.54, 1.807) is 0 Å². The molecule has 118 valence electrons. The van der Waals surface area contributed by atoms with Gasteiger partial charge in [0.05, 0.1) is 5.60 Å². The summed E-state index contributed by atoms with van der Waals surface area (Å²) < 4.78 is 1.07. The average Bonchev–Trinajstić information content (AvgIpc) is 2.41. The van der Waals surface area contributed by atoms with Crippen LogP contribution >= 0.6 is 15.9 Å². The number of benzene rings is 1. The normalized spacial score (nSPS) is 22.1. The number of rotatable bonds is 4. The molecule has 1 unspecified atom stereocenters. The maximum atomic E-state index is 11.2. The summed E-state index contributed by atoms with van der Waals surface area (Å²) in [6.45, 7) is 2.57. The smallest absolute Gasteiger partial charge is 0.0727 e. The lowest BCUT2D eigenvalue weighted by Gasteiger charge is -2.46. The molecule has 1 saturated carbocycles. The second-order valence-electron chi connectivity index (χ2n) is 6.83. The van der Waals surface area contributed by atoms with Crippen molar-refractivity contribution in [2.24, 2.45) is 11.1 Å². The van der Waals surface area contributed by atoms with Crippen LogP contribution in [0.5, 0.6) is 0 Å². The third-order valence-corrected chi connectivity index (χ3v) is 5.83. The Hall–Kier alpha value is -0.380. The number of halogens is 1. The highest BCUT2D eigenvalue weighted by atomic mass is 79.9. The highest BCUT2D eigenvalue weighted by molar-refractivity contribution is 9.10. The minimum absolute atomic E-state index is 0.138. The van der Waals surface area contributed by atoms with Crippen molar-refractivity contribution >= 4 is 15.9 Å². The van der Waals surface area contributed by atoms with Gasteiger partial charge in [0.2, 0.25) is 0 Å². The summed E-state index contributed by atoms with van der Waals surface area (Å²) in [4.78, 5) is 0. The van der Waals surface area contributed by atoms with Crippen LogP contribution in [0.4, 0.5) is 0 Å². The first kappa shape index (κ1) is 17.0. The highest BCUT2D eigenvalue weighted by Gasteiger charge is 2.45. The molecule has 1 aliphatic rings. The highest BCUT2D eigenvalue weighted by Crippen LogP contribution is 2.44. The van der Waals surface area contributed by atoms with Gasteiger partial charge in [0.1, 0.15) is 0 Å². The van der Waals surface area contributed by atoms with Crippen molar-refractivity contribution in [1.29, 1.82) is 0 Å². The first-order chi connectivity index (χ1) is 9.99. The first-order valence-corrected chi connectivity index (χ1v) is 8.95. The third-order valence-electron chi connectivity index (χ3n) is 5.31. The number of nitrogens with two attached hydrogens (primary N) is 1. The lowest BCUT2D eigenvalue weighted by molar-refractivity contribution is -0.0794. The lowest BCUT2D eigenvalue weighted by Crippen LogP contribution is -2.52. The summed E-state index contributed by atoms with van der Waals surface area (Å²) in [6, 6.07) is 8.26. The molecule has 1 aliphatic carbocycles. The summed E-state index contributed by atoms with van der Waals surface area (Å²) in [5, 5.41) is 11.2. The summed E-state index contributed by atoms with van der Waals surface area (Å²) in [5.74, 6) is 0. The van der Waals surface area contributed by atoms with Crippen LogP contribution < -0.4 is 5.73 Å². The molecule has 0 spiro atoms. The Bertz CT molecular complexity index is 433. The number of hydrogen-bond donors (Lipinski definition) is 2. The zero-order valence-corrected chi connectivity index (χ0v) is 14.7. The quantitative estimate of drug-likeness (QED) is 0.840. The van der Waals surface area contributed by atoms with Gasteiger partial charge in [0.15, 0.2) is 0 Å². The molecule has 0 aromatic heterocycles. The van der Waals surface area contributed by atoms with Crippen LogP contribution in [0.15, 0.2) is 28.7 Å². The minimum Gasteiger partial charge on any atom is -0.389 e. The molecule has 1 atom stereocenters. The van der Waals surface area contributed by atoms with E-state index in [0.717, 1.165) is 17.3 Å². The summed E-state index contributed by atoms with van der Waals surface area (Å²) >= 11 is 3.46. The van der Waals surface area contributed by atoms with Gasteiger partial charge in [0, 0.05) is 22.9 Å². The molecule has 3 N–H and O–H groups in total. The van der Waals surface area contributed by atoms with Gasteiger partial charge in [-0.15, -0.1) is 0 Å². The predicted molar refractivity (Wildman–Crippen MR) is 92.3 cm³/mol. The molecule has 0 aliphatic heterocycles. The van der Waals surface area contributed by atoms with Gasteiger partial charge < -0.3 is 10.8 Å². The van der Waals surface area contributed by atoms with Crippen LogP contribution in [-0.2, 0) is 6.42 Å². The summed E-state index contributed by atoms with van der Waals surface area (Å²) in [6.07, 6.45) is 9.03. The SMILES string of the molecule is CC(O)(Cc1ccc(Br)cc1)C1(CN)CCCCCCC1. The van der Waals surface area contributed by atoms with Crippen molar-refractivity contribution in [2.45, 2.75) is 63.9 Å². The summed E-state index contributed by atoms with van der Waals surface area (Å²) in [5.41, 5.74) is 6.45. The summed E-state index contributed by atoms with van der Waals surface area (Å²) in [7, 11) is 0. The van der Waals surface area contributed by atoms with Crippen LogP contribution in [-0.4, -0.2) is 17.3 Å². The Morgan fingerprint density at radius 2 is 1.62 bits per heavy atom. The predicted octanol–water partition coefficient (Wildman–Crippen LogP) is 4.43. The standard InChI is InChI=1S/C18H28BrNO/c1-17(21,13-15-7-9-16(19)10-8-15)18(14-20)11-5-3-2-4-6-12-18/h7-10,21H,2-6,11-14,20H2,1H3. The lowest BCUT2D eigenvalue weighted by atomic mass is 9.63.